The number of primary amides is 1. The number of rotatable bonds is 5. The van der Waals surface area contributed by atoms with Crippen LogP contribution >= 0.6 is 11.3 Å². The van der Waals surface area contributed by atoms with Crippen molar-refractivity contribution in [1.82, 2.24) is 24.6 Å². The number of hydrogen-bond acceptors (Lipinski definition) is 9. The molecule has 0 aromatic carbocycles. The number of thiophene rings is 1. The van der Waals surface area contributed by atoms with Gasteiger partial charge in [-0.25, -0.2) is 19.5 Å². The molecule has 1 amide bonds. The van der Waals surface area contributed by atoms with Crippen molar-refractivity contribution in [2.75, 3.05) is 36.5 Å². The largest absolute Gasteiger partial charge is 0.378 e. The van der Waals surface area contributed by atoms with Crippen LogP contribution in [-0.2, 0) is 4.74 Å². The Balaban J connectivity index is 1.41. The number of morpholine rings is 1. The number of aromatic nitrogens is 5. The van der Waals surface area contributed by atoms with Gasteiger partial charge in [0, 0.05) is 24.0 Å². The zero-order valence-corrected chi connectivity index (χ0v) is 16.7. The van der Waals surface area contributed by atoms with Crippen LogP contribution in [0.15, 0.2) is 42.3 Å². The lowest BCUT2D eigenvalue weighted by Crippen LogP contribution is -2.36. The number of nitrogens with two attached hydrogens (primary N) is 1. The second-order valence-corrected chi connectivity index (χ2v) is 7.59. The quantitative estimate of drug-likeness (QED) is 0.500. The van der Waals surface area contributed by atoms with Crippen molar-refractivity contribution in [3.63, 3.8) is 0 Å². The highest BCUT2D eigenvalue weighted by Gasteiger charge is 2.15. The van der Waals surface area contributed by atoms with E-state index >= 15 is 0 Å². The van der Waals surface area contributed by atoms with Gasteiger partial charge in [0.2, 0.25) is 0 Å². The summed E-state index contributed by atoms with van der Waals surface area (Å²) in [5.41, 5.74) is 8.25. The van der Waals surface area contributed by atoms with E-state index in [0.29, 0.717) is 29.6 Å². The maximum Gasteiger partial charge on any atom is 0.258 e. The first-order chi connectivity index (χ1) is 14.7. The molecule has 0 aliphatic carbocycles. The number of nitrogens with zero attached hydrogens (tertiary/aromatic N) is 6. The van der Waals surface area contributed by atoms with Gasteiger partial charge in [0.15, 0.2) is 11.5 Å². The number of carbonyl (C=O) groups excluding carboxylic acids is 1. The van der Waals surface area contributed by atoms with Gasteiger partial charge in [-0.15, -0.1) is 11.3 Å². The molecule has 0 bridgehead atoms. The van der Waals surface area contributed by atoms with E-state index in [1.807, 2.05) is 17.5 Å². The molecule has 0 unspecified atom stereocenters. The van der Waals surface area contributed by atoms with E-state index in [-0.39, 0.29) is 0 Å². The van der Waals surface area contributed by atoms with Crippen LogP contribution in [-0.4, -0.2) is 56.8 Å². The predicted octanol–water partition coefficient (Wildman–Crippen LogP) is 1.93. The lowest BCUT2D eigenvalue weighted by molar-refractivity contribution is 0.100. The molecule has 152 valence electrons. The van der Waals surface area contributed by atoms with Crippen molar-refractivity contribution in [1.29, 1.82) is 0 Å². The zero-order valence-electron chi connectivity index (χ0n) is 15.9. The fourth-order valence-electron chi connectivity index (χ4n) is 3.28. The predicted molar refractivity (Wildman–Crippen MR) is 113 cm³/mol. The average Bonchev–Trinajstić information content (AvgIpc) is 3.46. The third-order valence-corrected chi connectivity index (χ3v) is 5.73. The number of fused-ring (bicyclic) bond motifs is 1. The summed E-state index contributed by atoms with van der Waals surface area (Å²) < 4.78 is 7.06. The van der Waals surface area contributed by atoms with Crippen molar-refractivity contribution in [3.8, 4) is 11.3 Å². The van der Waals surface area contributed by atoms with Gasteiger partial charge in [-0.05, 0) is 18.2 Å². The molecule has 1 aliphatic rings. The molecule has 1 aliphatic heterocycles. The fourth-order valence-corrected chi connectivity index (χ4v) is 4.03. The zero-order chi connectivity index (χ0) is 20.5. The molecule has 0 atom stereocenters. The van der Waals surface area contributed by atoms with E-state index in [9.17, 15) is 4.79 Å². The molecule has 1 fully saturated rings. The molecule has 0 radical (unpaired) electrons. The van der Waals surface area contributed by atoms with E-state index in [1.165, 1.54) is 17.7 Å². The third-order valence-electron chi connectivity index (χ3n) is 4.79. The summed E-state index contributed by atoms with van der Waals surface area (Å²) in [6.07, 6.45) is 4.92. The monoisotopic (exact) mass is 422 g/mol. The first-order valence-electron chi connectivity index (χ1n) is 9.32. The van der Waals surface area contributed by atoms with Crippen molar-refractivity contribution in [3.05, 3.63) is 47.2 Å². The molecule has 0 spiro atoms. The molecular weight excluding hydrogens is 404 g/mol. The standard InChI is InChI=1S/C19H18N8O2S/c20-17(28)15-7-12(10-30-15)14-9-22-18(19-23-11-24-27(14)19)25-13-1-2-16(21-8-13)26-3-5-29-6-4-26/h1-2,7-11H,3-6H2,(H2,20,28)(H,22,25). The molecule has 0 saturated carbocycles. The summed E-state index contributed by atoms with van der Waals surface area (Å²) in [4.78, 5) is 27.5. The SMILES string of the molecule is NC(=O)c1cc(-c2cnc(Nc3ccc(N4CCOCC4)nc3)c3ncnn23)cs1. The van der Waals surface area contributed by atoms with Gasteiger partial charge in [0.25, 0.3) is 5.91 Å². The Morgan fingerprint density at radius 1 is 1.17 bits per heavy atom. The minimum atomic E-state index is -0.458. The first-order valence-corrected chi connectivity index (χ1v) is 10.2. The molecular formula is C19H18N8O2S. The van der Waals surface area contributed by atoms with E-state index in [1.54, 1.807) is 23.0 Å². The van der Waals surface area contributed by atoms with Crippen LogP contribution in [0.2, 0.25) is 0 Å². The molecule has 30 heavy (non-hydrogen) atoms. The second kappa shape index (κ2) is 7.69. The van der Waals surface area contributed by atoms with Crippen molar-refractivity contribution in [2.45, 2.75) is 0 Å². The van der Waals surface area contributed by atoms with Crippen LogP contribution in [0.25, 0.3) is 16.9 Å². The second-order valence-electron chi connectivity index (χ2n) is 6.68. The van der Waals surface area contributed by atoms with Crippen molar-refractivity contribution >= 4 is 40.2 Å². The molecule has 4 aromatic rings. The molecule has 11 heteroatoms. The molecule has 3 N–H and O–H groups in total. The summed E-state index contributed by atoms with van der Waals surface area (Å²) in [5, 5.41) is 9.41. The van der Waals surface area contributed by atoms with Gasteiger partial charge in [0.05, 0.1) is 41.9 Å². The van der Waals surface area contributed by atoms with Crippen LogP contribution in [0.3, 0.4) is 0 Å². The van der Waals surface area contributed by atoms with Gasteiger partial charge in [-0.3, -0.25) is 4.79 Å². The Kier molecular flexibility index (Phi) is 4.73. The average molecular weight is 422 g/mol. The van der Waals surface area contributed by atoms with Gasteiger partial charge < -0.3 is 20.7 Å². The first kappa shape index (κ1) is 18.5. The number of ether oxygens (including phenoxy) is 1. The number of pyridine rings is 1. The Bertz CT molecular complexity index is 1200. The third kappa shape index (κ3) is 3.44. The normalized spacial score (nSPS) is 14.2. The number of carbonyl (C=O) groups is 1. The minimum Gasteiger partial charge on any atom is -0.378 e. The highest BCUT2D eigenvalue weighted by molar-refractivity contribution is 7.12. The Hall–Kier alpha value is -3.57. The summed E-state index contributed by atoms with van der Waals surface area (Å²) in [6, 6.07) is 5.66. The van der Waals surface area contributed by atoms with Crippen LogP contribution in [0.5, 0.6) is 0 Å². The minimum absolute atomic E-state index is 0.458. The van der Waals surface area contributed by atoms with E-state index in [0.717, 1.165) is 35.9 Å². The lowest BCUT2D eigenvalue weighted by atomic mass is 10.2. The van der Waals surface area contributed by atoms with Crippen LogP contribution in [0.1, 0.15) is 9.67 Å². The molecule has 4 aromatic heterocycles. The van der Waals surface area contributed by atoms with Crippen molar-refractivity contribution in [2.24, 2.45) is 5.73 Å². The van der Waals surface area contributed by atoms with Crippen LogP contribution in [0.4, 0.5) is 17.3 Å². The highest BCUT2D eigenvalue weighted by atomic mass is 32.1. The molecule has 10 nitrogen and oxygen atoms in total. The maximum atomic E-state index is 11.4. The number of anilines is 3. The maximum absolute atomic E-state index is 11.4. The number of nitrogens with one attached hydrogen (secondary N) is 1. The van der Waals surface area contributed by atoms with Gasteiger partial charge in [0.1, 0.15) is 12.1 Å². The summed E-state index contributed by atoms with van der Waals surface area (Å²) in [5.74, 6) is 1.02. The van der Waals surface area contributed by atoms with E-state index in [2.05, 4.69) is 30.3 Å². The van der Waals surface area contributed by atoms with Gasteiger partial charge >= 0.3 is 0 Å². The van der Waals surface area contributed by atoms with E-state index < -0.39 is 5.91 Å². The summed E-state index contributed by atoms with van der Waals surface area (Å²) in [6.45, 7) is 3.11. The summed E-state index contributed by atoms with van der Waals surface area (Å²) >= 11 is 1.28. The molecule has 5 rings (SSSR count). The van der Waals surface area contributed by atoms with Gasteiger partial charge in [-0.1, -0.05) is 0 Å². The summed E-state index contributed by atoms with van der Waals surface area (Å²) in [7, 11) is 0. The Morgan fingerprint density at radius 3 is 2.77 bits per heavy atom. The van der Waals surface area contributed by atoms with E-state index in [4.69, 9.17) is 10.5 Å². The smallest absolute Gasteiger partial charge is 0.258 e. The number of hydrogen-bond donors (Lipinski definition) is 2. The lowest BCUT2D eigenvalue weighted by Gasteiger charge is -2.27. The van der Waals surface area contributed by atoms with Crippen molar-refractivity contribution < 1.29 is 9.53 Å². The molecule has 1 saturated heterocycles. The van der Waals surface area contributed by atoms with Crippen LogP contribution in [0, 0.1) is 0 Å². The van der Waals surface area contributed by atoms with Crippen LogP contribution < -0.4 is 16.0 Å². The Morgan fingerprint density at radius 2 is 2.03 bits per heavy atom. The topological polar surface area (TPSA) is 124 Å². The Labute approximate surface area is 175 Å². The fraction of sp³-hybridized carbons (Fsp3) is 0.211. The number of amides is 1. The molecule has 5 heterocycles. The highest BCUT2D eigenvalue weighted by Crippen LogP contribution is 2.28. The van der Waals surface area contributed by atoms with Gasteiger partial charge in [-0.2, -0.15) is 5.10 Å².